The Balaban J connectivity index is 2.20. The standard InChI is InChI=1S/C17H13F3N4/c1-9-6-11(7-14(23-9)16(19)20)13-8-22-17(21)24-15(13)10-2-4-12(18)5-3-10/h2-8,16H,1H3,(H2,21,22,24). The average Bonchev–Trinajstić information content (AvgIpc) is 2.55. The third kappa shape index (κ3) is 3.19. The quantitative estimate of drug-likeness (QED) is 0.783. The van der Waals surface area contributed by atoms with Gasteiger partial charge in [-0.25, -0.2) is 23.1 Å². The van der Waals surface area contributed by atoms with E-state index in [2.05, 4.69) is 15.0 Å². The first-order valence-corrected chi connectivity index (χ1v) is 7.09. The summed E-state index contributed by atoms with van der Waals surface area (Å²) < 4.78 is 39.2. The topological polar surface area (TPSA) is 64.7 Å². The lowest BCUT2D eigenvalue weighted by molar-refractivity contribution is 0.146. The average molecular weight is 330 g/mol. The van der Waals surface area contributed by atoms with Crippen molar-refractivity contribution in [3.8, 4) is 22.4 Å². The van der Waals surface area contributed by atoms with Gasteiger partial charge in [0.1, 0.15) is 11.5 Å². The van der Waals surface area contributed by atoms with E-state index < -0.39 is 6.43 Å². The van der Waals surface area contributed by atoms with Gasteiger partial charge in [0, 0.05) is 23.0 Å². The molecule has 2 heterocycles. The number of benzene rings is 1. The molecular formula is C17H13F3N4. The molecule has 0 saturated heterocycles. The number of nitrogens with zero attached hydrogens (tertiary/aromatic N) is 3. The van der Waals surface area contributed by atoms with Crippen molar-refractivity contribution in [2.45, 2.75) is 13.3 Å². The highest BCUT2D eigenvalue weighted by Crippen LogP contribution is 2.32. The van der Waals surface area contributed by atoms with E-state index in [0.29, 0.717) is 28.1 Å². The molecule has 0 atom stereocenters. The summed E-state index contributed by atoms with van der Waals surface area (Å²) in [5.74, 6) is -0.347. The Bertz CT molecular complexity index is 880. The highest BCUT2D eigenvalue weighted by Gasteiger charge is 2.16. The van der Waals surface area contributed by atoms with Crippen LogP contribution in [0.25, 0.3) is 22.4 Å². The number of anilines is 1. The van der Waals surface area contributed by atoms with Crippen LogP contribution in [0.5, 0.6) is 0 Å². The number of aryl methyl sites for hydroxylation is 1. The summed E-state index contributed by atoms with van der Waals surface area (Å²) in [7, 11) is 0. The van der Waals surface area contributed by atoms with Crippen LogP contribution in [0, 0.1) is 12.7 Å². The minimum Gasteiger partial charge on any atom is -0.368 e. The van der Waals surface area contributed by atoms with E-state index in [1.807, 2.05) is 0 Å². The molecule has 0 aliphatic rings. The van der Waals surface area contributed by atoms with E-state index >= 15 is 0 Å². The van der Waals surface area contributed by atoms with Crippen LogP contribution >= 0.6 is 0 Å². The van der Waals surface area contributed by atoms with Crippen molar-refractivity contribution in [1.29, 1.82) is 0 Å². The highest BCUT2D eigenvalue weighted by atomic mass is 19.3. The van der Waals surface area contributed by atoms with Crippen LogP contribution in [0.2, 0.25) is 0 Å². The molecule has 7 heteroatoms. The van der Waals surface area contributed by atoms with Crippen LogP contribution in [0.15, 0.2) is 42.6 Å². The third-order valence-corrected chi connectivity index (χ3v) is 3.43. The Labute approximate surface area is 136 Å². The van der Waals surface area contributed by atoms with Crippen molar-refractivity contribution in [1.82, 2.24) is 15.0 Å². The lowest BCUT2D eigenvalue weighted by atomic mass is 10.00. The zero-order valence-electron chi connectivity index (χ0n) is 12.7. The van der Waals surface area contributed by atoms with Crippen molar-refractivity contribution >= 4 is 5.95 Å². The van der Waals surface area contributed by atoms with Gasteiger partial charge >= 0.3 is 0 Å². The van der Waals surface area contributed by atoms with Crippen LogP contribution in [0.4, 0.5) is 19.1 Å². The molecule has 3 rings (SSSR count). The van der Waals surface area contributed by atoms with Crippen LogP contribution in [-0.4, -0.2) is 15.0 Å². The summed E-state index contributed by atoms with van der Waals surface area (Å²) in [5, 5.41) is 0. The number of nitrogens with two attached hydrogens (primary N) is 1. The van der Waals surface area contributed by atoms with Gasteiger partial charge in [-0.1, -0.05) is 0 Å². The molecular weight excluding hydrogens is 317 g/mol. The molecule has 4 nitrogen and oxygen atoms in total. The van der Waals surface area contributed by atoms with Crippen molar-refractivity contribution in [2.75, 3.05) is 5.73 Å². The molecule has 0 saturated carbocycles. The molecule has 2 N–H and O–H groups in total. The second-order valence-corrected chi connectivity index (χ2v) is 5.22. The minimum absolute atomic E-state index is 0.0398. The summed E-state index contributed by atoms with van der Waals surface area (Å²) in [6.45, 7) is 1.63. The molecule has 0 radical (unpaired) electrons. The first-order chi connectivity index (χ1) is 11.4. The summed E-state index contributed by atoms with van der Waals surface area (Å²) >= 11 is 0. The molecule has 0 amide bonds. The van der Waals surface area contributed by atoms with Gasteiger partial charge < -0.3 is 5.73 Å². The van der Waals surface area contributed by atoms with Gasteiger partial charge in [0.2, 0.25) is 5.95 Å². The monoisotopic (exact) mass is 330 g/mol. The molecule has 0 bridgehead atoms. The molecule has 0 aliphatic heterocycles. The molecule has 0 spiro atoms. The minimum atomic E-state index is -2.69. The zero-order chi connectivity index (χ0) is 17.3. The van der Waals surface area contributed by atoms with Crippen molar-refractivity contribution in [2.24, 2.45) is 0 Å². The predicted octanol–water partition coefficient (Wildman–Crippen LogP) is 4.17. The Morgan fingerprint density at radius 3 is 2.38 bits per heavy atom. The maximum atomic E-state index is 13.2. The van der Waals surface area contributed by atoms with E-state index in [4.69, 9.17) is 5.73 Å². The van der Waals surface area contributed by atoms with Crippen LogP contribution in [-0.2, 0) is 0 Å². The number of halogens is 3. The van der Waals surface area contributed by atoms with Crippen molar-refractivity contribution in [3.63, 3.8) is 0 Å². The molecule has 3 aromatic rings. The summed E-state index contributed by atoms with van der Waals surface area (Å²) in [6.07, 6.45) is -1.22. The fraction of sp³-hybridized carbons (Fsp3) is 0.118. The highest BCUT2D eigenvalue weighted by molar-refractivity contribution is 5.81. The van der Waals surface area contributed by atoms with Crippen molar-refractivity contribution in [3.05, 3.63) is 59.8 Å². The number of hydrogen-bond acceptors (Lipinski definition) is 4. The normalized spacial score (nSPS) is 11.0. The maximum absolute atomic E-state index is 13.2. The molecule has 2 aromatic heterocycles. The van der Waals surface area contributed by atoms with E-state index in [1.165, 1.54) is 24.4 Å². The Morgan fingerprint density at radius 1 is 1.00 bits per heavy atom. The molecule has 1 aromatic carbocycles. The van der Waals surface area contributed by atoms with E-state index in [-0.39, 0.29) is 17.5 Å². The number of aromatic nitrogens is 3. The molecule has 24 heavy (non-hydrogen) atoms. The molecule has 122 valence electrons. The number of hydrogen-bond donors (Lipinski definition) is 1. The Hall–Kier alpha value is -2.96. The van der Waals surface area contributed by atoms with E-state index in [9.17, 15) is 13.2 Å². The Kier molecular flexibility index (Phi) is 4.16. The lowest BCUT2D eigenvalue weighted by Gasteiger charge is -2.11. The number of rotatable bonds is 3. The summed E-state index contributed by atoms with van der Waals surface area (Å²) in [4.78, 5) is 12.0. The largest absolute Gasteiger partial charge is 0.368 e. The summed E-state index contributed by atoms with van der Waals surface area (Å²) in [5.41, 5.74) is 7.83. The second kappa shape index (κ2) is 6.27. The zero-order valence-corrected chi connectivity index (χ0v) is 12.7. The van der Waals surface area contributed by atoms with Crippen LogP contribution < -0.4 is 5.73 Å². The fourth-order valence-corrected chi connectivity index (χ4v) is 2.40. The van der Waals surface area contributed by atoms with Gasteiger partial charge in [0.25, 0.3) is 6.43 Å². The van der Waals surface area contributed by atoms with E-state index in [0.717, 1.165) is 0 Å². The van der Waals surface area contributed by atoms with Gasteiger partial charge in [0.15, 0.2) is 0 Å². The van der Waals surface area contributed by atoms with Gasteiger partial charge in [-0.2, -0.15) is 0 Å². The predicted molar refractivity (Wildman–Crippen MR) is 84.8 cm³/mol. The summed E-state index contributed by atoms with van der Waals surface area (Å²) in [6, 6.07) is 8.62. The molecule has 0 unspecified atom stereocenters. The maximum Gasteiger partial charge on any atom is 0.280 e. The van der Waals surface area contributed by atoms with Crippen molar-refractivity contribution < 1.29 is 13.2 Å². The van der Waals surface area contributed by atoms with Gasteiger partial charge in [-0.15, -0.1) is 0 Å². The first kappa shape index (κ1) is 15.9. The number of pyridine rings is 1. The SMILES string of the molecule is Cc1cc(-c2cnc(N)nc2-c2ccc(F)cc2)cc(C(F)F)n1. The lowest BCUT2D eigenvalue weighted by Crippen LogP contribution is -2.00. The second-order valence-electron chi connectivity index (χ2n) is 5.22. The van der Waals surface area contributed by atoms with Gasteiger partial charge in [-0.05, 0) is 48.9 Å². The third-order valence-electron chi connectivity index (χ3n) is 3.43. The molecule has 0 fully saturated rings. The molecule has 0 aliphatic carbocycles. The number of nitrogen functional groups attached to an aromatic ring is 1. The van der Waals surface area contributed by atoms with Gasteiger partial charge in [-0.3, -0.25) is 4.98 Å². The van der Waals surface area contributed by atoms with E-state index in [1.54, 1.807) is 25.1 Å². The Morgan fingerprint density at radius 2 is 1.71 bits per heavy atom. The van der Waals surface area contributed by atoms with Crippen LogP contribution in [0.3, 0.4) is 0 Å². The smallest absolute Gasteiger partial charge is 0.280 e. The van der Waals surface area contributed by atoms with Crippen LogP contribution in [0.1, 0.15) is 17.8 Å². The number of alkyl halides is 2. The fourth-order valence-electron chi connectivity index (χ4n) is 2.40. The van der Waals surface area contributed by atoms with Gasteiger partial charge in [0.05, 0.1) is 5.69 Å². The first-order valence-electron chi connectivity index (χ1n) is 7.09.